The molecule has 0 atom stereocenters. The average molecular weight is 206 g/mol. The van der Waals surface area contributed by atoms with E-state index in [9.17, 15) is 4.39 Å². The summed E-state index contributed by atoms with van der Waals surface area (Å²) in [6.07, 6.45) is 2.57. The molecule has 3 heteroatoms. The first-order chi connectivity index (χ1) is 7.36. The number of nitrogens with zero attached hydrogens (tertiary/aromatic N) is 1. The minimum absolute atomic E-state index is 0.268. The standard InChI is InChI=1S/C12H15FN2/c13-6-2-7-15-8-5-11-10(9-14)3-1-4-12(11)15/h1,3-5,8H,2,6-7,9,14H2. The zero-order valence-corrected chi connectivity index (χ0v) is 8.62. The van der Waals surface area contributed by atoms with Gasteiger partial charge in [-0.3, -0.25) is 4.39 Å². The second-order valence-electron chi connectivity index (χ2n) is 3.61. The predicted molar refractivity (Wildman–Crippen MR) is 60.4 cm³/mol. The van der Waals surface area contributed by atoms with Crippen LogP contribution < -0.4 is 5.73 Å². The summed E-state index contributed by atoms with van der Waals surface area (Å²) in [5.74, 6) is 0. The van der Waals surface area contributed by atoms with Crippen molar-refractivity contribution >= 4 is 10.9 Å². The maximum absolute atomic E-state index is 12.1. The Bertz CT molecular complexity index is 448. The number of aromatic nitrogens is 1. The monoisotopic (exact) mass is 206 g/mol. The Morgan fingerprint density at radius 3 is 2.87 bits per heavy atom. The molecule has 1 aromatic carbocycles. The van der Waals surface area contributed by atoms with Crippen LogP contribution in [-0.4, -0.2) is 11.2 Å². The van der Waals surface area contributed by atoms with Gasteiger partial charge in [0.25, 0.3) is 0 Å². The van der Waals surface area contributed by atoms with Gasteiger partial charge in [0.05, 0.1) is 6.67 Å². The summed E-state index contributed by atoms with van der Waals surface area (Å²) >= 11 is 0. The number of halogens is 1. The Morgan fingerprint density at radius 1 is 1.27 bits per heavy atom. The Balaban J connectivity index is 2.42. The SMILES string of the molecule is NCc1cccc2c1ccn2CCCF. The molecule has 0 unspecified atom stereocenters. The normalized spacial score (nSPS) is 11.1. The van der Waals surface area contributed by atoms with Gasteiger partial charge < -0.3 is 10.3 Å². The fraction of sp³-hybridized carbons (Fsp3) is 0.333. The third kappa shape index (κ3) is 1.88. The Kier molecular flexibility index (Phi) is 3.02. The van der Waals surface area contributed by atoms with Gasteiger partial charge in [-0.25, -0.2) is 0 Å². The number of benzene rings is 1. The highest BCUT2D eigenvalue weighted by molar-refractivity contribution is 5.83. The molecule has 0 aliphatic rings. The van der Waals surface area contributed by atoms with Crippen molar-refractivity contribution in [3.8, 4) is 0 Å². The minimum atomic E-state index is -0.268. The number of rotatable bonds is 4. The van der Waals surface area contributed by atoms with E-state index in [4.69, 9.17) is 5.73 Å². The van der Waals surface area contributed by atoms with E-state index in [2.05, 4.69) is 10.6 Å². The van der Waals surface area contributed by atoms with E-state index in [1.54, 1.807) is 0 Å². The number of alkyl halides is 1. The smallest absolute Gasteiger partial charge is 0.0911 e. The van der Waals surface area contributed by atoms with Gasteiger partial charge in [-0.15, -0.1) is 0 Å². The summed E-state index contributed by atoms with van der Waals surface area (Å²) in [6.45, 7) is 1.01. The van der Waals surface area contributed by atoms with Gasteiger partial charge in [-0.1, -0.05) is 12.1 Å². The second kappa shape index (κ2) is 4.45. The first-order valence-corrected chi connectivity index (χ1v) is 5.19. The van der Waals surface area contributed by atoms with Crippen LogP contribution in [0, 0.1) is 0 Å². The van der Waals surface area contributed by atoms with Gasteiger partial charge >= 0.3 is 0 Å². The maximum atomic E-state index is 12.1. The second-order valence-corrected chi connectivity index (χ2v) is 3.61. The van der Waals surface area contributed by atoms with Crippen LogP contribution in [0.15, 0.2) is 30.5 Å². The van der Waals surface area contributed by atoms with Crippen molar-refractivity contribution in [2.45, 2.75) is 19.5 Å². The van der Waals surface area contributed by atoms with Gasteiger partial charge in [-0.2, -0.15) is 0 Å². The summed E-state index contributed by atoms with van der Waals surface area (Å²) < 4.78 is 14.2. The van der Waals surface area contributed by atoms with Gasteiger partial charge in [-0.05, 0) is 24.1 Å². The van der Waals surface area contributed by atoms with Crippen molar-refractivity contribution in [1.29, 1.82) is 0 Å². The van der Waals surface area contributed by atoms with Crippen LogP contribution in [0.4, 0.5) is 4.39 Å². The molecule has 2 aromatic rings. The third-order valence-corrected chi connectivity index (χ3v) is 2.66. The molecule has 0 spiro atoms. The van der Waals surface area contributed by atoms with Crippen LogP contribution in [0.25, 0.3) is 10.9 Å². The molecule has 0 saturated heterocycles. The van der Waals surface area contributed by atoms with Crippen LogP contribution in [0.5, 0.6) is 0 Å². The van der Waals surface area contributed by atoms with E-state index in [0.29, 0.717) is 13.0 Å². The summed E-state index contributed by atoms with van der Waals surface area (Å²) in [7, 11) is 0. The first kappa shape index (κ1) is 10.2. The number of nitrogens with two attached hydrogens (primary N) is 1. The highest BCUT2D eigenvalue weighted by atomic mass is 19.1. The van der Waals surface area contributed by atoms with E-state index < -0.39 is 0 Å². The number of aryl methyl sites for hydroxylation is 1. The molecule has 1 heterocycles. The van der Waals surface area contributed by atoms with Crippen molar-refractivity contribution in [2.24, 2.45) is 5.73 Å². The van der Waals surface area contributed by atoms with E-state index in [1.807, 2.05) is 24.4 Å². The van der Waals surface area contributed by atoms with Gasteiger partial charge in [0, 0.05) is 30.2 Å². The van der Waals surface area contributed by atoms with Crippen LogP contribution in [-0.2, 0) is 13.1 Å². The lowest BCUT2D eigenvalue weighted by atomic mass is 10.1. The molecule has 0 bridgehead atoms. The molecular weight excluding hydrogens is 191 g/mol. The molecule has 2 nitrogen and oxygen atoms in total. The van der Waals surface area contributed by atoms with Gasteiger partial charge in [0.2, 0.25) is 0 Å². The molecule has 80 valence electrons. The molecule has 0 fully saturated rings. The van der Waals surface area contributed by atoms with E-state index >= 15 is 0 Å². The Labute approximate surface area is 88.5 Å². The number of hydrogen-bond donors (Lipinski definition) is 1. The quantitative estimate of drug-likeness (QED) is 0.818. The fourth-order valence-electron chi connectivity index (χ4n) is 1.89. The van der Waals surface area contributed by atoms with Gasteiger partial charge in [0.15, 0.2) is 0 Å². The van der Waals surface area contributed by atoms with Crippen molar-refractivity contribution in [1.82, 2.24) is 4.57 Å². The molecule has 0 aliphatic heterocycles. The fourth-order valence-corrected chi connectivity index (χ4v) is 1.89. The van der Waals surface area contributed by atoms with Crippen molar-refractivity contribution in [2.75, 3.05) is 6.67 Å². The predicted octanol–water partition coefficient (Wildman–Crippen LogP) is 2.46. The van der Waals surface area contributed by atoms with Crippen molar-refractivity contribution < 1.29 is 4.39 Å². The maximum Gasteiger partial charge on any atom is 0.0911 e. The average Bonchev–Trinajstić information content (AvgIpc) is 2.69. The molecule has 2 rings (SSSR count). The highest BCUT2D eigenvalue weighted by Crippen LogP contribution is 2.20. The molecule has 15 heavy (non-hydrogen) atoms. The largest absolute Gasteiger partial charge is 0.347 e. The van der Waals surface area contributed by atoms with Crippen LogP contribution >= 0.6 is 0 Å². The molecule has 0 saturated carbocycles. The molecule has 1 aromatic heterocycles. The van der Waals surface area contributed by atoms with Gasteiger partial charge in [0.1, 0.15) is 0 Å². The lowest BCUT2D eigenvalue weighted by Crippen LogP contribution is -1.99. The van der Waals surface area contributed by atoms with Crippen LogP contribution in [0.2, 0.25) is 0 Å². The molecule has 0 radical (unpaired) electrons. The zero-order valence-electron chi connectivity index (χ0n) is 8.62. The number of fused-ring (bicyclic) bond motifs is 1. The molecule has 0 aliphatic carbocycles. The minimum Gasteiger partial charge on any atom is -0.347 e. The summed E-state index contributed by atoms with van der Waals surface area (Å²) in [6, 6.07) is 8.13. The summed E-state index contributed by atoms with van der Waals surface area (Å²) in [5, 5.41) is 1.18. The number of hydrogen-bond acceptors (Lipinski definition) is 1. The highest BCUT2D eigenvalue weighted by Gasteiger charge is 2.03. The van der Waals surface area contributed by atoms with Crippen molar-refractivity contribution in [3.05, 3.63) is 36.0 Å². The molecule has 2 N–H and O–H groups in total. The molecular formula is C12H15FN2. The Hall–Kier alpha value is -1.35. The first-order valence-electron chi connectivity index (χ1n) is 5.19. The lowest BCUT2D eigenvalue weighted by molar-refractivity contribution is 0.450. The van der Waals surface area contributed by atoms with Crippen LogP contribution in [0.1, 0.15) is 12.0 Å². The van der Waals surface area contributed by atoms with E-state index in [1.165, 1.54) is 5.39 Å². The summed E-state index contributed by atoms with van der Waals surface area (Å²) in [5.41, 5.74) is 7.95. The Morgan fingerprint density at radius 2 is 2.13 bits per heavy atom. The van der Waals surface area contributed by atoms with E-state index in [0.717, 1.165) is 17.6 Å². The van der Waals surface area contributed by atoms with E-state index in [-0.39, 0.29) is 6.67 Å². The zero-order chi connectivity index (χ0) is 10.7. The van der Waals surface area contributed by atoms with Crippen LogP contribution in [0.3, 0.4) is 0 Å². The van der Waals surface area contributed by atoms with Crippen molar-refractivity contribution in [3.63, 3.8) is 0 Å². The lowest BCUT2D eigenvalue weighted by Gasteiger charge is -2.04. The summed E-state index contributed by atoms with van der Waals surface area (Å²) in [4.78, 5) is 0. The molecule has 0 amide bonds. The topological polar surface area (TPSA) is 30.9 Å². The third-order valence-electron chi connectivity index (χ3n) is 2.66.